The molecule has 0 aliphatic carbocycles. The predicted octanol–water partition coefficient (Wildman–Crippen LogP) is 2.67. The Balaban J connectivity index is 1.88. The first kappa shape index (κ1) is 14.5. The molecule has 1 aromatic rings. The number of thiophene rings is 1. The normalized spacial score (nSPS) is 19.3. The van der Waals surface area contributed by atoms with Crippen LogP contribution in [0.25, 0.3) is 0 Å². The fraction of sp³-hybridized carbons (Fsp3) is 0.667. The molecule has 3 nitrogen and oxygen atoms in total. The van der Waals surface area contributed by atoms with E-state index in [1.165, 1.54) is 19.3 Å². The Morgan fingerprint density at radius 3 is 3.05 bits per heavy atom. The van der Waals surface area contributed by atoms with Crippen molar-refractivity contribution in [3.8, 4) is 0 Å². The van der Waals surface area contributed by atoms with E-state index >= 15 is 0 Å². The van der Waals surface area contributed by atoms with Crippen LogP contribution in [0.4, 0.5) is 0 Å². The number of nitrogens with one attached hydrogen (secondary N) is 1. The summed E-state index contributed by atoms with van der Waals surface area (Å²) in [4.78, 5) is 14.4. The minimum absolute atomic E-state index is 0.271. The molecule has 0 radical (unpaired) electrons. The lowest BCUT2D eigenvalue weighted by molar-refractivity contribution is -0.131. The van der Waals surface area contributed by atoms with Crippen molar-refractivity contribution >= 4 is 17.2 Å². The number of carbonyl (C=O) groups excluding carboxylic acids is 1. The summed E-state index contributed by atoms with van der Waals surface area (Å²) in [7, 11) is 0. The lowest BCUT2D eigenvalue weighted by Gasteiger charge is -2.30. The highest BCUT2D eigenvalue weighted by Gasteiger charge is 2.20. The smallest absolute Gasteiger partial charge is 0.227 e. The van der Waals surface area contributed by atoms with E-state index in [1.807, 2.05) is 16.3 Å². The molecule has 0 spiro atoms. The molecule has 0 bridgehead atoms. The standard InChI is InChI=1S/C15H24N2OS/c1-2-8-17(11-14-5-3-4-7-16-14)15(18)10-13-6-9-19-12-13/h6,9,12,14,16H,2-5,7-8,10-11H2,1H3. The van der Waals surface area contributed by atoms with Crippen molar-refractivity contribution in [1.82, 2.24) is 10.2 Å². The van der Waals surface area contributed by atoms with Gasteiger partial charge in [0.15, 0.2) is 0 Å². The third-order valence-corrected chi connectivity index (χ3v) is 4.37. The molecule has 4 heteroatoms. The molecular weight excluding hydrogens is 256 g/mol. The molecule has 106 valence electrons. The van der Waals surface area contributed by atoms with Gasteiger partial charge in [-0.2, -0.15) is 11.3 Å². The maximum atomic E-state index is 12.4. The molecule has 1 aliphatic heterocycles. The summed E-state index contributed by atoms with van der Waals surface area (Å²) in [6.45, 7) is 4.99. The zero-order chi connectivity index (χ0) is 13.5. The van der Waals surface area contributed by atoms with Crippen LogP contribution < -0.4 is 5.32 Å². The van der Waals surface area contributed by atoms with E-state index in [0.29, 0.717) is 12.5 Å². The van der Waals surface area contributed by atoms with Crippen molar-refractivity contribution in [2.75, 3.05) is 19.6 Å². The van der Waals surface area contributed by atoms with Crippen LogP contribution in [0.5, 0.6) is 0 Å². The van der Waals surface area contributed by atoms with Crippen LogP contribution in [0.1, 0.15) is 38.2 Å². The number of hydrogen-bond acceptors (Lipinski definition) is 3. The second-order valence-corrected chi connectivity index (χ2v) is 6.07. The van der Waals surface area contributed by atoms with E-state index in [2.05, 4.69) is 17.6 Å². The van der Waals surface area contributed by atoms with Crippen molar-refractivity contribution < 1.29 is 4.79 Å². The molecule has 1 saturated heterocycles. The predicted molar refractivity (Wildman–Crippen MR) is 80.5 cm³/mol. The maximum absolute atomic E-state index is 12.4. The van der Waals surface area contributed by atoms with Crippen molar-refractivity contribution in [2.45, 2.75) is 45.1 Å². The molecule has 2 rings (SSSR count). The zero-order valence-electron chi connectivity index (χ0n) is 11.7. The van der Waals surface area contributed by atoms with E-state index in [1.54, 1.807) is 11.3 Å². The van der Waals surface area contributed by atoms with E-state index in [0.717, 1.165) is 31.6 Å². The number of carbonyl (C=O) groups is 1. The number of amides is 1. The molecule has 0 aromatic carbocycles. The van der Waals surface area contributed by atoms with Crippen LogP contribution in [-0.2, 0) is 11.2 Å². The van der Waals surface area contributed by atoms with Gasteiger partial charge in [-0.3, -0.25) is 4.79 Å². The molecular formula is C15H24N2OS. The Morgan fingerprint density at radius 1 is 1.53 bits per heavy atom. The highest BCUT2D eigenvalue weighted by molar-refractivity contribution is 7.07. The molecule has 0 saturated carbocycles. The lowest BCUT2D eigenvalue weighted by atomic mass is 10.0. The summed E-state index contributed by atoms with van der Waals surface area (Å²) in [6, 6.07) is 2.54. The van der Waals surface area contributed by atoms with E-state index in [4.69, 9.17) is 0 Å². The number of rotatable bonds is 6. The van der Waals surface area contributed by atoms with Crippen LogP contribution in [0, 0.1) is 0 Å². The third kappa shape index (κ3) is 4.62. The first-order chi connectivity index (χ1) is 9.29. The van der Waals surface area contributed by atoms with Gasteiger partial charge in [0.1, 0.15) is 0 Å². The van der Waals surface area contributed by atoms with Crippen molar-refractivity contribution in [3.05, 3.63) is 22.4 Å². The van der Waals surface area contributed by atoms with E-state index in [9.17, 15) is 4.79 Å². The van der Waals surface area contributed by atoms with Gasteiger partial charge in [-0.1, -0.05) is 13.3 Å². The Hall–Kier alpha value is -0.870. The maximum Gasteiger partial charge on any atom is 0.227 e. The molecule has 1 atom stereocenters. The van der Waals surface area contributed by atoms with Gasteiger partial charge in [0.2, 0.25) is 5.91 Å². The molecule has 1 unspecified atom stereocenters. The molecule has 1 amide bonds. The minimum atomic E-state index is 0.271. The molecule has 2 heterocycles. The van der Waals surface area contributed by atoms with Gasteiger partial charge in [-0.15, -0.1) is 0 Å². The number of piperidine rings is 1. The Bertz CT molecular complexity index is 372. The highest BCUT2D eigenvalue weighted by Crippen LogP contribution is 2.12. The lowest BCUT2D eigenvalue weighted by Crippen LogP contribution is -2.46. The zero-order valence-corrected chi connectivity index (χ0v) is 12.5. The van der Waals surface area contributed by atoms with Crippen molar-refractivity contribution in [1.29, 1.82) is 0 Å². The van der Waals surface area contributed by atoms with Gasteiger partial charge in [0, 0.05) is 19.1 Å². The summed E-state index contributed by atoms with van der Waals surface area (Å²) in [5.41, 5.74) is 1.15. The summed E-state index contributed by atoms with van der Waals surface area (Å²) >= 11 is 1.66. The van der Waals surface area contributed by atoms with Gasteiger partial charge >= 0.3 is 0 Å². The minimum Gasteiger partial charge on any atom is -0.341 e. The number of nitrogens with zero attached hydrogens (tertiary/aromatic N) is 1. The van der Waals surface area contributed by atoms with Crippen LogP contribution in [-0.4, -0.2) is 36.5 Å². The average molecular weight is 280 g/mol. The Labute approximate surface area is 120 Å². The first-order valence-corrected chi connectivity index (χ1v) is 8.26. The highest BCUT2D eigenvalue weighted by atomic mass is 32.1. The van der Waals surface area contributed by atoms with Gasteiger partial charge < -0.3 is 10.2 Å². The summed E-state index contributed by atoms with van der Waals surface area (Å²) < 4.78 is 0. The fourth-order valence-corrected chi connectivity index (χ4v) is 3.28. The molecule has 1 N–H and O–H groups in total. The second-order valence-electron chi connectivity index (χ2n) is 5.29. The largest absolute Gasteiger partial charge is 0.341 e. The molecule has 1 fully saturated rings. The van der Waals surface area contributed by atoms with Gasteiger partial charge in [-0.25, -0.2) is 0 Å². The quantitative estimate of drug-likeness (QED) is 0.869. The summed E-state index contributed by atoms with van der Waals surface area (Å²) in [5, 5.41) is 7.64. The topological polar surface area (TPSA) is 32.3 Å². The molecule has 1 aliphatic rings. The van der Waals surface area contributed by atoms with Crippen LogP contribution in [0.2, 0.25) is 0 Å². The van der Waals surface area contributed by atoms with Gasteiger partial charge in [0.05, 0.1) is 6.42 Å². The van der Waals surface area contributed by atoms with Crippen molar-refractivity contribution in [3.63, 3.8) is 0 Å². The molecule has 1 aromatic heterocycles. The monoisotopic (exact) mass is 280 g/mol. The van der Waals surface area contributed by atoms with Crippen LogP contribution >= 0.6 is 11.3 Å². The van der Waals surface area contributed by atoms with Crippen LogP contribution in [0.15, 0.2) is 16.8 Å². The second kappa shape index (κ2) is 7.65. The Kier molecular flexibility index (Phi) is 5.86. The van der Waals surface area contributed by atoms with Gasteiger partial charge in [0.25, 0.3) is 0 Å². The SMILES string of the molecule is CCCN(CC1CCCCN1)C(=O)Cc1ccsc1. The Morgan fingerprint density at radius 2 is 2.42 bits per heavy atom. The summed E-state index contributed by atoms with van der Waals surface area (Å²) in [5.74, 6) is 0.271. The molecule has 19 heavy (non-hydrogen) atoms. The average Bonchev–Trinajstić information content (AvgIpc) is 2.92. The fourth-order valence-electron chi connectivity index (χ4n) is 2.61. The van der Waals surface area contributed by atoms with Gasteiger partial charge in [-0.05, 0) is 48.2 Å². The van der Waals surface area contributed by atoms with E-state index in [-0.39, 0.29) is 5.91 Å². The third-order valence-electron chi connectivity index (χ3n) is 3.63. The first-order valence-electron chi connectivity index (χ1n) is 7.32. The van der Waals surface area contributed by atoms with Crippen LogP contribution in [0.3, 0.4) is 0 Å². The summed E-state index contributed by atoms with van der Waals surface area (Å²) in [6.07, 6.45) is 5.34. The van der Waals surface area contributed by atoms with E-state index < -0.39 is 0 Å². The number of hydrogen-bond donors (Lipinski definition) is 1. The van der Waals surface area contributed by atoms with Crippen molar-refractivity contribution in [2.24, 2.45) is 0 Å².